The van der Waals surface area contributed by atoms with E-state index in [4.69, 9.17) is 24.1 Å². The summed E-state index contributed by atoms with van der Waals surface area (Å²) in [5.41, 5.74) is 0. The fourth-order valence-corrected chi connectivity index (χ4v) is 2.86. The first-order valence-electron chi connectivity index (χ1n) is 12.2. The molecule has 13 heteroatoms. The van der Waals surface area contributed by atoms with Crippen LogP contribution in [-0.4, -0.2) is 118 Å². The van der Waals surface area contributed by atoms with Crippen molar-refractivity contribution in [2.75, 3.05) is 66.7 Å². The van der Waals surface area contributed by atoms with Crippen LogP contribution in [0.15, 0.2) is 0 Å². The highest BCUT2D eigenvalue weighted by Gasteiger charge is 2.15. The number of carbonyl (C=O) groups excluding carboxylic acids is 4. The molecule has 4 N–H and O–H groups in total. The summed E-state index contributed by atoms with van der Waals surface area (Å²) in [4.78, 5) is 48.1. The average Bonchev–Trinajstić information content (AvgIpc) is 2.84. The predicted molar refractivity (Wildman–Crippen MR) is 129 cm³/mol. The topological polar surface area (TPSA) is 173 Å². The van der Waals surface area contributed by atoms with Crippen LogP contribution in [0.25, 0.3) is 0 Å². The van der Waals surface area contributed by atoms with Crippen molar-refractivity contribution >= 4 is 24.0 Å². The van der Waals surface area contributed by atoms with Crippen molar-refractivity contribution in [1.29, 1.82) is 0 Å². The summed E-state index contributed by atoms with van der Waals surface area (Å²) < 4.78 is 19.5. The van der Waals surface area contributed by atoms with Crippen molar-refractivity contribution in [2.24, 2.45) is 0 Å². The van der Waals surface area contributed by atoms with Gasteiger partial charge in [-0.25, -0.2) is 4.79 Å². The second kappa shape index (κ2) is 21.8. The van der Waals surface area contributed by atoms with E-state index in [1.165, 1.54) is 6.92 Å². The lowest BCUT2D eigenvalue weighted by Crippen LogP contribution is -2.32. The van der Waals surface area contributed by atoms with Crippen LogP contribution in [0, 0.1) is 0 Å². The largest absolute Gasteiger partial charge is 0.463 e. The molecule has 0 aromatic heterocycles. The fraction of sp³-hybridized carbons (Fsp3) is 0.826. The molecular weight excluding hydrogens is 478 g/mol. The first-order chi connectivity index (χ1) is 17.2. The van der Waals surface area contributed by atoms with Crippen LogP contribution >= 0.6 is 0 Å². The van der Waals surface area contributed by atoms with Gasteiger partial charge in [-0.15, -0.1) is 0 Å². The molecule has 0 aromatic rings. The van der Waals surface area contributed by atoms with Crippen LogP contribution in [0.5, 0.6) is 0 Å². The van der Waals surface area contributed by atoms with Crippen LogP contribution in [0.1, 0.15) is 45.4 Å². The maximum absolute atomic E-state index is 11.7. The van der Waals surface area contributed by atoms with E-state index in [2.05, 4.69) is 15.5 Å². The molecule has 0 spiro atoms. The molecule has 0 aliphatic heterocycles. The molecule has 1 amide bonds. The molecule has 210 valence electrons. The van der Waals surface area contributed by atoms with Gasteiger partial charge >= 0.3 is 24.0 Å². The minimum atomic E-state index is -1.15. The summed E-state index contributed by atoms with van der Waals surface area (Å²) in [6, 6.07) is 0. The van der Waals surface area contributed by atoms with Gasteiger partial charge in [-0.05, 0) is 59.4 Å². The molecule has 0 saturated carbocycles. The van der Waals surface area contributed by atoms with Gasteiger partial charge < -0.3 is 44.7 Å². The third-order valence-corrected chi connectivity index (χ3v) is 4.77. The van der Waals surface area contributed by atoms with E-state index in [1.807, 2.05) is 14.1 Å². The summed E-state index contributed by atoms with van der Waals surface area (Å²) in [7, 11) is 3.93. The summed E-state index contributed by atoms with van der Waals surface area (Å²) in [5.74, 6) is -1.69. The number of amides is 1. The quantitative estimate of drug-likeness (QED) is 0.0874. The number of esters is 3. The van der Waals surface area contributed by atoms with E-state index in [0.717, 1.165) is 32.5 Å². The van der Waals surface area contributed by atoms with Gasteiger partial charge in [0.05, 0.1) is 6.61 Å². The van der Waals surface area contributed by atoms with Crippen molar-refractivity contribution in [2.45, 2.75) is 57.7 Å². The molecule has 0 fully saturated rings. The minimum absolute atomic E-state index is 0.0391. The van der Waals surface area contributed by atoms with Gasteiger partial charge in [0, 0.05) is 26.3 Å². The van der Waals surface area contributed by atoms with Gasteiger partial charge in [0.1, 0.15) is 25.9 Å². The van der Waals surface area contributed by atoms with Crippen LogP contribution in [0.3, 0.4) is 0 Å². The Morgan fingerprint density at radius 2 is 1.42 bits per heavy atom. The Balaban J connectivity index is 3.75. The molecule has 2 atom stereocenters. The van der Waals surface area contributed by atoms with Crippen LogP contribution in [0.4, 0.5) is 4.79 Å². The molecular formula is C23H43N3O10. The Morgan fingerprint density at radius 3 is 1.97 bits per heavy atom. The Bertz CT molecular complexity index is 635. The lowest BCUT2D eigenvalue weighted by atomic mass is 10.2. The first kappa shape index (κ1) is 33.5. The van der Waals surface area contributed by atoms with Crippen molar-refractivity contribution in [3.8, 4) is 0 Å². The average molecular weight is 522 g/mol. The summed E-state index contributed by atoms with van der Waals surface area (Å²) in [6.07, 6.45) is -0.0845. The SMILES string of the molecule is CNCCCN(C)CCCNC(=O)OCC(O)COC(=O)CCCCC(=O)OCC(CO)OC(C)=O. The zero-order valence-corrected chi connectivity index (χ0v) is 21.7. The van der Waals surface area contributed by atoms with Gasteiger partial charge in [0.25, 0.3) is 0 Å². The second-order valence-corrected chi connectivity index (χ2v) is 8.28. The number of aliphatic hydroxyl groups is 2. The Hall–Kier alpha value is -2.48. The van der Waals surface area contributed by atoms with Gasteiger partial charge in [-0.3, -0.25) is 14.4 Å². The number of hydrogen-bond donors (Lipinski definition) is 4. The number of aliphatic hydroxyl groups excluding tert-OH is 2. The van der Waals surface area contributed by atoms with E-state index in [0.29, 0.717) is 19.4 Å². The van der Waals surface area contributed by atoms with Crippen molar-refractivity contribution in [3.05, 3.63) is 0 Å². The molecule has 0 rings (SSSR count). The fourth-order valence-electron chi connectivity index (χ4n) is 2.86. The molecule has 13 nitrogen and oxygen atoms in total. The Kier molecular flexibility index (Phi) is 20.3. The molecule has 0 aliphatic rings. The molecule has 0 aliphatic carbocycles. The first-order valence-corrected chi connectivity index (χ1v) is 12.2. The van der Waals surface area contributed by atoms with Crippen LogP contribution < -0.4 is 10.6 Å². The molecule has 2 unspecified atom stereocenters. The highest BCUT2D eigenvalue weighted by molar-refractivity contribution is 5.70. The van der Waals surface area contributed by atoms with Crippen molar-refractivity contribution in [1.82, 2.24) is 15.5 Å². The molecule has 0 saturated heterocycles. The highest BCUT2D eigenvalue weighted by atomic mass is 16.6. The van der Waals surface area contributed by atoms with E-state index < -0.39 is 42.8 Å². The number of rotatable bonds is 21. The lowest BCUT2D eigenvalue weighted by Gasteiger charge is -2.16. The molecule has 0 heterocycles. The number of nitrogens with zero attached hydrogens (tertiary/aromatic N) is 1. The van der Waals surface area contributed by atoms with E-state index in [-0.39, 0.29) is 32.7 Å². The lowest BCUT2D eigenvalue weighted by molar-refractivity contribution is -0.159. The number of carbonyl (C=O) groups is 4. The Morgan fingerprint density at radius 1 is 0.861 bits per heavy atom. The smallest absolute Gasteiger partial charge is 0.407 e. The predicted octanol–water partition coefficient (Wildman–Crippen LogP) is -0.424. The van der Waals surface area contributed by atoms with Crippen LogP contribution in [0.2, 0.25) is 0 Å². The summed E-state index contributed by atoms with van der Waals surface area (Å²) >= 11 is 0. The zero-order valence-electron chi connectivity index (χ0n) is 21.7. The van der Waals surface area contributed by atoms with E-state index >= 15 is 0 Å². The number of alkyl carbamates (subject to hydrolysis) is 1. The maximum atomic E-state index is 11.7. The van der Waals surface area contributed by atoms with Gasteiger partial charge in [-0.2, -0.15) is 0 Å². The Labute approximate surface area is 212 Å². The number of ether oxygens (including phenoxy) is 4. The van der Waals surface area contributed by atoms with Gasteiger partial charge in [0.2, 0.25) is 0 Å². The maximum Gasteiger partial charge on any atom is 0.407 e. The molecule has 0 radical (unpaired) electrons. The molecule has 0 aromatic carbocycles. The summed E-state index contributed by atoms with van der Waals surface area (Å²) in [5, 5.41) is 24.5. The van der Waals surface area contributed by atoms with Crippen molar-refractivity contribution < 1.29 is 48.3 Å². The van der Waals surface area contributed by atoms with Gasteiger partial charge in [0.15, 0.2) is 6.10 Å². The number of unbranched alkanes of at least 4 members (excludes halogenated alkanes) is 1. The monoisotopic (exact) mass is 521 g/mol. The van der Waals surface area contributed by atoms with Crippen molar-refractivity contribution in [3.63, 3.8) is 0 Å². The van der Waals surface area contributed by atoms with E-state index in [9.17, 15) is 24.3 Å². The van der Waals surface area contributed by atoms with E-state index in [1.54, 1.807) is 0 Å². The number of nitrogens with one attached hydrogen (secondary N) is 2. The van der Waals surface area contributed by atoms with Gasteiger partial charge in [-0.1, -0.05) is 0 Å². The standard InChI is InChI=1S/C23H43N3O10/c1-18(28)36-20(14-27)17-34-22(31)9-5-4-8-21(30)33-15-19(29)16-35-23(32)25-11-7-13-26(3)12-6-10-24-2/h19-20,24,27,29H,4-17H2,1-3H3,(H,25,32). The zero-order chi connectivity index (χ0) is 27.2. The minimum Gasteiger partial charge on any atom is -0.463 e. The van der Waals surface area contributed by atoms with Crippen LogP contribution in [-0.2, 0) is 33.3 Å². The number of hydrogen-bond acceptors (Lipinski definition) is 12. The molecule has 36 heavy (non-hydrogen) atoms. The normalized spacial score (nSPS) is 12.5. The third kappa shape index (κ3) is 20.9. The highest BCUT2D eigenvalue weighted by Crippen LogP contribution is 2.04. The molecule has 0 bridgehead atoms. The summed E-state index contributed by atoms with van der Waals surface area (Å²) in [6.45, 7) is 3.06. The second-order valence-electron chi connectivity index (χ2n) is 8.28. The third-order valence-electron chi connectivity index (χ3n) is 4.77.